The molecule has 1 aromatic carbocycles. The standard InChI is InChI=1S/C20H21F3N4O/c21-13-7-14(19(24)28)17-16(8-13)20(22,23)18-15(9-25-27(17)18)12-3-5-26(6-4-12)10-11-1-2-11/h7-9,11-12H,1-6,10H2,(H2,24,28). The number of amides is 1. The first-order chi connectivity index (χ1) is 13.4. The van der Waals surface area contributed by atoms with E-state index in [1.54, 1.807) is 0 Å². The molecule has 0 atom stereocenters. The van der Waals surface area contributed by atoms with Gasteiger partial charge in [-0.1, -0.05) is 0 Å². The van der Waals surface area contributed by atoms with Crippen LogP contribution in [0.2, 0.25) is 0 Å². The van der Waals surface area contributed by atoms with Crippen LogP contribution in [0.3, 0.4) is 0 Å². The van der Waals surface area contributed by atoms with Crippen molar-refractivity contribution in [3.8, 4) is 5.69 Å². The number of carbonyl (C=O) groups excluding carboxylic acids is 1. The fourth-order valence-corrected chi connectivity index (χ4v) is 4.62. The van der Waals surface area contributed by atoms with Gasteiger partial charge in [-0.2, -0.15) is 13.9 Å². The molecule has 1 aromatic heterocycles. The predicted octanol–water partition coefficient (Wildman–Crippen LogP) is 3.15. The average molecular weight is 390 g/mol. The van der Waals surface area contributed by atoms with Crippen molar-refractivity contribution in [2.45, 2.75) is 37.5 Å². The smallest absolute Gasteiger partial charge is 0.317 e. The molecule has 3 heterocycles. The summed E-state index contributed by atoms with van der Waals surface area (Å²) in [7, 11) is 0. The van der Waals surface area contributed by atoms with Gasteiger partial charge in [0.1, 0.15) is 11.5 Å². The highest BCUT2D eigenvalue weighted by Gasteiger charge is 2.50. The minimum atomic E-state index is -3.42. The molecule has 1 saturated heterocycles. The molecule has 1 saturated carbocycles. The van der Waals surface area contributed by atoms with E-state index in [9.17, 15) is 9.18 Å². The summed E-state index contributed by atoms with van der Waals surface area (Å²) in [6.45, 7) is 2.86. The summed E-state index contributed by atoms with van der Waals surface area (Å²) in [5.74, 6) is -4.50. The molecule has 0 bridgehead atoms. The van der Waals surface area contributed by atoms with Gasteiger partial charge in [0.15, 0.2) is 0 Å². The van der Waals surface area contributed by atoms with E-state index in [2.05, 4.69) is 10.00 Å². The van der Waals surface area contributed by atoms with Crippen LogP contribution < -0.4 is 5.73 Å². The van der Waals surface area contributed by atoms with Crippen molar-refractivity contribution in [2.24, 2.45) is 11.7 Å². The third-order valence-corrected chi connectivity index (χ3v) is 6.23. The average Bonchev–Trinajstić information content (AvgIpc) is 3.30. The Labute approximate surface area is 160 Å². The number of primary amides is 1. The SMILES string of the molecule is NC(=O)c1cc(F)cc2c1-n1ncc(C3CCN(CC4CC4)CC3)c1C2(F)F. The number of nitrogens with zero attached hydrogens (tertiary/aromatic N) is 3. The first-order valence-electron chi connectivity index (χ1n) is 9.69. The van der Waals surface area contributed by atoms with Crippen LogP contribution >= 0.6 is 0 Å². The molecule has 5 rings (SSSR count). The maximum Gasteiger partial charge on any atom is 0.317 e. The van der Waals surface area contributed by atoms with Gasteiger partial charge >= 0.3 is 5.92 Å². The van der Waals surface area contributed by atoms with E-state index in [1.807, 2.05) is 0 Å². The van der Waals surface area contributed by atoms with E-state index in [1.165, 1.54) is 19.0 Å². The van der Waals surface area contributed by atoms with Gasteiger partial charge in [-0.15, -0.1) is 0 Å². The third kappa shape index (κ3) is 2.65. The lowest BCUT2D eigenvalue weighted by molar-refractivity contribution is 0.0419. The highest BCUT2D eigenvalue weighted by molar-refractivity contribution is 5.97. The summed E-state index contributed by atoms with van der Waals surface area (Å²) < 4.78 is 45.5. The number of fused-ring (bicyclic) bond motifs is 3. The van der Waals surface area contributed by atoms with Crippen molar-refractivity contribution >= 4 is 5.91 Å². The number of carbonyl (C=O) groups is 1. The topological polar surface area (TPSA) is 64.2 Å². The van der Waals surface area contributed by atoms with E-state index in [0.29, 0.717) is 5.56 Å². The molecule has 2 fully saturated rings. The number of benzene rings is 1. The fourth-order valence-electron chi connectivity index (χ4n) is 4.62. The Bertz CT molecular complexity index is 959. The Kier molecular flexibility index (Phi) is 3.84. The van der Waals surface area contributed by atoms with Gasteiger partial charge in [0, 0.05) is 12.1 Å². The molecule has 5 nitrogen and oxygen atoms in total. The van der Waals surface area contributed by atoms with Crippen molar-refractivity contribution in [3.05, 3.63) is 46.5 Å². The van der Waals surface area contributed by atoms with Crippen molar-refractivity contribution < 1.29 is 18.0 Å². The van der Waals surface area contributed by atoms with Gasteiger partial charge < -0.3 is 10.6 Å². The molecular formula is C20H21F3N4O. The molecular weight excluding hydrogens is 369 g/mol. The molecule has 2 N–H and O–H groups in total. The Morgan fingerprint density at radius 3 is 2.57 bits per heavy atom. The number of aromatic nitrogens is 2. The van der Waals surface area contributed by atoms with E-state index in [-0.39, 0.29) is 22.9 Å². The lowest BCUT2D eigenvalue weighted by Gasteiger charge is -2.32. The van der Waals surface area contributed by atoms with Gasteiger partial charge in [0.05, 0.1) is 23.0 Å². The Morgan fingerprint density at radius 2 is 1.93 bits per heavy atom. The molecule has 1 amide bonds. The Balaban J connectivity index is 1.50. The second-order valence-corrected chi connectivity index (χ2v) is 8.17. The van der Waals surface area contributed by atoms with Crippen LogP contribution in [0.25, 0.3) is 5.69 Å². The lowest BCUT2D eigenvalue weighted by Crippen LogP contribution is -2.34. The lowest BCUT2D eigenvalue weighted by atomic mass is 9.88. The minimum Gasteiger partial charge on any atom is -0.366 e. The quantitative estimate of drug-likeness (QED) is 0.872. The first-order valence-corrected chi connectivity index (χ1v) is 9.69. The first kappa shape index (κ1) is 17.7. The van der Waals surface area contributed by atoms with E-state index < -0.39 is 23.2 Å². The van der Waals surface area contributed by atoms with Crippen LogP contribution in [0, 0.1) is 11.7 Å². The Hall–Kier alpha value is -2.35. The predicted molar refractivity (Wildman–Crippen MR) is 96.2 cm³/mol. The van der Waals surface area contributed by atoms with Crippen LogP contribution in [0.4, 0.5) is 13.2 Å². The van der Waals surface area contributed by atoms with E-state index in [4.69, 9.17) is 5.73 Å². The van der Waals surface area contributed by atoms with E-state index in [0.717, 1.165) is 55.2 Å². The fraction of sp³-hybridized carbons (Fsp3) is 0.500. The molecule has 8 heteroatoms. The number of hydrogen-bond donors (Lipinski definition) is 1. The van der Waals surface area contributed by atoms with Crippen LogP contribution in [-0.2, 0) is 5.92 Å². The molecule has 0 unspecified atom stereocenters. The summed E-state index contributed by atoms with van der Waals surface area (Å²) in [6.07, 6.45) is 5.63. The van der Waals surface area contributed by atoms with Crippen LogP contribution in [0.5, 0.6) is 0 Å². The van der Waals surface area contributed by atoms with Gasteiger partial charge in [-0.25, -0.2) is 9.07 Å². The van der Waals surface area contributed by atoms with Gasteiger partial charge in [0.25, 0.3) is 5.91 Å². The van der Waals surface area contributed by atoms with Crippen molar-refractivity contribution in [3.63, 3.8) is 0 Å². The van der Waals surface area contributed by atoms with E-state index >= 15 is 8.78 Å². The molecule has 28 heavy (non-hydrogen) atoms. The summed E-state index contributed by atoms with van der Waals surface area (Å²) >= 11 is 0. The van der Waals surface area contributed by atoms with Crippen LogP contribution in [0.15, 0.2) is 18.3 Å². The second-order valence-electron chi connectivity index (χ2n) is 8.17. The number of rotatable bonds is 4. The summed E-state index contributed by atoms with van der Waals surface area (Å²) in [5, 5.41) is 4.15. The molecule has 2 aliphatic heterocycles. The molecule has 2 aromatic rings. The molecule has 3 aliphatic rings. The van der Waals surface area contributed by atoms with Crippen LogP contribution in [0.1, 0.15) is 58.8 Å². The number of alkyl halides is 2. The van der Waals surface area contributed by atoms with Crippen LogP contribution in [-0.4, -0.2) is 40.2 Å². The molecule has 148 valence electrons. The maximum absolute atomic E-state index is 15.3. The zero-order valence-corrected chi connectivity index (χ0v) is 15.3. The number of piperidine rings is 1. The summed E-state index contributed by atoms with van der Waals surface area (Å²) in [4.78, 5) is 14.1. The number of halogens is 3. The van der Waals surface area contributed by atoms with Gasteiger partial charge in [-0.3, -0.25) is 4.79 Å². The van der Waals surface area contributed by atoms with Crippen molar-refractivity contribution in [2.75, 3.05) is 19.6 Å². The highest BCUT2D eigenvalue weighted by atomic mass is 19.3. The zero-order valence-electron chi connectivity index (χ0n) is 15.3. The molecule has 0 spiro atoms. The minimum absolute atomic E-state index is 0.0266. The number of likely N-dealkylation sites (tertiary alicyclic amines) is 1. The summed E-state index contributed by atoms with van der Waals surface area (Å²) in [5.41, 5.74) is 4.62. The Morgan fingerprint density at radius 1 is 1.21 bits per heavy atom. The normalized spacial score (nSPS) is 21.5. The van der Waals surface area contributed by atoms with Gasteiger partial charge in [0.2, 0.25) is 0 Å². The number of hydrogen-bond acceptors (Lipinski definition) is 3. The largest absolute Gasteiger partial charge is 0.366 e. The highest BCUT2D eigenvalue weighted by Crippen LogP contribution is 2.50. The third-order valence-electron chi connectivity index (χ3n) is 6.23. The maximum atomic E-state index is 15.3. The van der Waals surface area contributed by atoms with Crippen molar-refractivity contribution in [1.82, 2.24) is 14.7 Å². The molecule has 1 aliphatic carbocycles. The van der Waals surface area contributed by atoms with Crippen molar-refractivity contribution in [1.29, 1.82) is 0 Å². The summed E-state index contributed by atoms with van der Waals surface area (Å²) in [6, 6.07) is 1.67. The zero-order chi connectivity index (χ0) is 19.6. The van der Waals surface area contributed by atoms with Gasteiger partial charge in [-0.05, 0) is 62.7 Å². The second kappa shape index (κ2) is 6.07. The monoisotopic (exact) mass is 390 g/mol. The number of nitrogens with two attached hydrogens (primary N) is 1. The molecule has 0 radical (unpaired) electrons.